The van der Waals surface area contributed by atoms with Crippen molar-refractivity contribution in [1.82, 2.24) is 15.2 Å². The van der Waals surface area contributed by atoms with Crippen LogP contribution in [0.4, 0.5) is 23.1 Å². The van der Waals surface area contributed by atoms with Gasteiger partial charge in [0.25, 0.3) is 0 Å². The standard InChI is InChI=1S/C19H19N5O2/c1-12-3-4-13(2)15(9-12)22-19-23-18(11-20-24-19)21-14-5-6-16-17(10-14)26-8-7-25-16/h3-6,9-11H,7-8H2,1-2H3,(H2,21,22,23,24). The van der Waals surface area contributed by atoms with Crippen molar-refractivity contribution in [2.24, 2.45) is 0 Å². The molecule has 0 saturated heterocycles. The molecule has 7 heteroatoms. The van der Waals surface area contributed by atoms with Crippen LogP contribution in [0.2, 0.25) is 0 Å². The Morgan fingerprint density at radius 1 is 0.923 bits per heavy atom. The average Bonchev–Trinajstić information content (AvgIpc) is 2.65. The number of aryl methyl sites for hydroxylation is 2. The Bertz CT molecular complexity index is 945. The van der Waals surface area contributed by atoms with Crippen molar-refractivity contribution in [3.63, 3.8) is 0 Å². The summed E-state index contributed by atoms with van der Waals surface area (Å²) in [6.45, 7) is 5.20. The second-order valence-corrected chi connectivity index (χ2v) is 6.09. The van der Waals surface area contributed by atoms with Gasteiger partial charge in [0.2, 0.25) is 5.95 Å². The molecule has 0 radical (unpaired) electrons. The number of benzene rings is 2. The number of nitrogens with zero attached hydrogens (tertiary/aromatic N) is 3. The second-order valence-electron chi connectivity index (χ2n) is 6.09. The molecule has 0 spiro atoms. The van der Waals surface area contributed by atoms with Crippen LogP contribution in [0.5, 0.6) is 11.5 Å². The van der Waals surface area contributed by atoms with Gasteiger partial charge in [0.1, 0.15) is 13.2 Å². The number of rotatable bonds is 4. The Hall–Kier alpha value is -3.35. The lowest BCUT2D eigenvalue weighted by atomic mass is 10.1. The smallest absolute Gasteiger partial charge is 0.249 e. The first kappa shape index (κ1) is 16.1. The molecular formula is C19H19N5O2. The fourth-order valence-electron chi connectivity index (χ4n) is 2.68. The van der Waals surface area contributed by atoms with E-state index in [1.54, 1.807) is 6.20 Å². The normalized spacial score (nSPS) is 12.5. The van der Waals surface area contributed by atoms with E-state index in [0.29, 0.717) is 25.0 Å². The zero-order valence-electron chi connectivity index (χ0n) is 14.6. The summed E-state index contributed by atoms with van der Waals surface area (Å²) >= 11 is 0. The first-order valence-corrected chi connectivity index (χ1v) is 8.38. The summed E-state index contributed by atoms with van der Waals surface area (Å²) in [6.07, 6.45) is 1.57. The Morgan fingerprint density at radius 3 is 2.65 bits per heavy atom. The lowest BCUT2D eigenvalue weighted by molar-refractivity contribution is 0.171. The molecule has 0 atom stereocenters. The first-order chi connectivity index (χ1) is 12.7. The largest absolute Gasteiger partial charge is 0.486 e. The van der Waals surface area contributed by atoms with E-state index in [2.05, 4.69) is 44.0 Å². The molecule has 0 amide bonds. The minimum absolute atomic E-state index is 0.432. The number of aromatic nitrogens is 3. The van der Waals surface area contributed by atoms with Gasteiger partial charge in [0.05, 0.1) is 6.20 Å². The highest BCUT2D eigenvalue weighted by atomic mass is 16.6. The van der Waals surface area contributed by atoms with E-state index in [4.69, 9.17) is 9.47 Å². The topological polar surface area (TPSA) is 81.2 Å². The predicted octanol–water partition coefficient (Wildman–Crippen LogP) is 3.75. The molecule has 132 valence electrons. The average molecular weight is 349 g/mol. The molecule has 3 aromatic rings. The number of ether oxygens (including phenoxy) is 2. The summed E-state index contributed by atoms with van der Waals surface area (Å²) in [6, 6.07) is 11.9. The van der Waals surface area contributed by atoms with E-state index >= 15 is 0 Å². The highest BCUT2D eigenvalue weighted by Crippen LogP contribution is 2.33. The molecule has 2 aromatic carbocycles. The zero-order valence-corrected chi connectivity index (χ0v) is 14.6. The van der Waals surface area contributed by atoms with Crippen LogP contribution >= 0.6 is 0 Å². The van der Waals surface area contributed by atoms with Gasteiger partial charge in [-0.15, -0.1) is 5.10 Å². The van der Waals surface area contributed by atoms with Crippen molar-refractivity contribution >= 4 is 23.1 Å². The Morgan fingerprint density at radius 2 is 1.77 bits per heavy atom. The van der Waals surface area contributed by atoms with Crippen molar-refractivity contribution in [2.75, 3.05) is 23.8 Å². The molecule has 0 saturated carbocycles. The molecule has 0 bridgehead atoms. The number of hydrogen-bond acceptors (Lipinski definition) is 7. The van der Waals surface area contributed by atoms with E-state index in [1.807, 2.05) is 32.0 Å². The quantitative estimate of drug-likeness (QED) is 0.742. The van der Waals surface area contributed by atoms with Crippen LogP contribution in [-0.2, 0) is 0 Å². The predicted molar refractivity (Wildman–Crippen MR) is 99.7 cm³/mol. The van der Waals surface area contributed by atoms with Crippen molar-refractivity contribution in [1.29, 1.82) is 0 Å². The van der Waals surface area contributed by atoms with Crippen LogP contribution in [0.15, 0.2) is 42.6 Å². The molecular weight excluding hydrogens is 330 g/mol. The Labute approximate surface area is 151 Å². The maximum absolute atomic E-state index is 5.60. The van der Waals surface area contributed by atoms with Crippen LogP contribution in [0, 0.1) is 13.8 Å². The number of hydrogen-bond donors (Lipinski definition) is 2. The van der Waals surface area contributed by atoms with Crippen molar-refractivity contribution in [3.8, 4) is 11.5 Å². The minimum Gasteiger partial charge on any atom is -0.486 e. The van der Waals surface area contributed by atoms with E-state index in [9.17, 15) is 0 Å². The van der Waals surface area contributed by atoms with Crippen LogP contribution in [0.1, 0.15) is 11.1 Å². The molecule has 0 unspecified atom stereocenters. The third-order valence-electron chi connectivity index (χ3n) is 4.01. The van der Waals surface area contributed by atoms with Crippen LogP contribution < -0.4 is 20.1 Å². The van der Waals surface area contributed by atoms with Gasteiger partial charge in [-0.25, -0.2) is 0 Å². The van der Waals surface area contributed by atoms with Gasteiger partial charge in [0.15, 0.2) is 17.3 Å². The number of fused-ring (bicyclic) bond motifs is 1. The molecule has 26 heavy (non-hydrogen) atoms. The molecule has 1 aliphatic heterocycles. The van der Waals surface area contributed by atoms with Gasteiger partial charge in [-0.05, 0) is 43.2 Å². The van der Waals surface area contributed by atoms with Crippen LogP contribution in [0.25, 0.3) is 0 Å². The van der Waals surface area contributed by atoms with Gasteiger partial charge in [-0.2, -0.15) is 10.1 Å². The maximum Gasteiger partial charge on any atom is 0.249 e. The Kier molecular flexibility index (Phi) is 4.27. The molecule has 2 N–H and O–H groups in total. The summed E-state index contributed by atoms with van der Waals surface area (Å²) in [5.74, 6) is 2.49. The van der Waals surface area contributed by atoms with E-state index in [0.717, 1.165) is 34.0 Å². The highest BCUT2D eigenvalue weighted by Gasteiger charge is 2.12. The zero-order chi connectivity index (χ0) is 17.9. The molecule has 4 rings (SSSR count). The third kappa shape index (κ3) is 3.51. The number of anilines is 4. The van der Waals surface area contributed by atoms with Gasteiger partial charge >= 0.3 is 0 Å². The first-order valence-electron chi connectivity index (χ1n) is 8.38. The fourth-order valence-corrected chi connectivity index (χ4v) is 2.68. The monoisotopic (exact) mass is 349 g/mol. The third-order valence-corrected chi connectivity index (χ3v) is 4.01. The number of nitrogens with one attached hydrogen (secondary N) is 2. The molecule has 2 heterocycles. The van der Waals surface area contributed by atoms with Gasteiger partial charge < -0.3 is 20.1 Å². The van der Waals surface area contributed by atoms with Crippen molar-refractivity contribution < 1.29 is 9.47 Å². The highest BCUT2D eigenvalue weighted by molar-refractivity contribution is 5.63. The minimum atomic E-state index is 0.432. The van der Waals surface area contributed by atoms with E-state index < -0.39 is 0 Å². The lowest BCUT2D eigenvalue weighted by Gasteiger charge is -2.19. The molecule has 0 fully saturated rings. The molecule has 1 aromatic heterocycles. The summed E-state index contributed by atoms with van der Waals surface area (Å²) in [7, 11) is 0. The van der Waals surface area contributed by atoms with Crippen molar-refractivity contribution in [2.45, 2.75) is 13.8 Å². The van der Waals surface area contributed by atoms with Gasteiger partial charge in [0, 0.05) is 17.4 Å². The Balaban J connectivity index is 1.53. The summed E-state index contributed by atoms with van der Waals surface area (Å²) < 4.78 is 11.1. The SMILES string of the molecule is Cc1ccc(C)c(Nc2nncc(Nc3ccc4c(c3)OCCO4)n2)c1. The van der Waals surface area contributed by atoms with E-state index in [1.165, 1.54) is 0 Å². The van der Waals surface area contributed by atoms with Gasteiger partial charge in [-0.3, -0.25) is 0 Å². The van der Waals surface area contributed by atoms with Crippen LogP contribution in [-0.4, -0.2) is 28.4 Å². The summed E-state index contributed by atoms with van der Waals surface area (Å²) in [5, 5.41) is 14.5. The molecule has 1 aliphatic rings. The van der Waals surface area contributed by atoms with Gasteiger partial charge in [-0.1, -0.05) is 12.1 Å². The van der Waals surface area contributed by atoms with E-state index in [-0.39, 0.29) is 0 Å². The summed E-state index contributed by atoms with van der Waals surface area (Å²) in [5.41, 5.74) is 4.08. The second kappa shape index (κ2) is 6.87. The lowest BCUT2D eigenvalue weighted by Crippen LogP contribution is -2.15. The summed E-state index contributed by atoms with van der Waals surface area (Å²) in [4.78, 5) is 4.48. The maximum atomic E-state index is 5.60. The molecule has 0 aliphatic carbocycles. The fraction of sp³-hybridized carbons (Fsp3) is 0.211. The van der Waals surface area contributed by atoms with Crippen LogP contribution in [0.3, 0.4) is 0 Å². The molecule has 7 nitrogen and oxygen atoms in total. The van der Waals surface area contributed by atoms with Crippen molar-refractivity contribution in [3.05, 3.63) is 53.7 Å².